The molecule has 6 nitrogen and oxygen atoms in total. The van der Waals surface area contributed by atoms with Gasteiger partial charge in [-0.1, -0.05) is 18.2 Å². The first-order chi connectivity index (χ1) is 13.6. The summed E-state index contributed by atoms with van der Waals surface area (Å²) < 4.78 is 5.61. The summed E-state index contributed by atoms with van der Waals surface area (Å²) in [4.78, 5) is 11.4. The minimum absolute atomic E-state index is 0.534. The Bertz CT molecular complexity index is 974. The number of hydrogen-bond donors (Lipinski definition) is 2. The van der Waals surface area contributed by atoms with Crippen molar-refractivity contribution < 1.29 is 4.74 Å². The lowest BCUT2D eigenvalue weighted by Crippen LogP contribution is -2.26. The molecule has 0 atom stereocenters. The van der Waals surface area contributed by atoms with E-state index in [-0.39, 0.29) is 0 Å². The maximum absolute atomic E-state index is 5.61. The van der Waals surface area contributed by atoms with Crippen LogP contribution in [0, 0.1) is 6.92 Å². The Hall–Kier alpha value is -3.12. The van der Waals surface area contributed by atoms with E-state index in [1.54, 1.807) is 7.11 Å². The van der Waals surface area contributed by atoms with E-state index >= 15 is 0 Å². The monoisotopic (exact) mass is 375 g/mol. The van der Waals surface area contributed by atoms with E-state index in [0.29, 0.717) is 5.95 Å². The number of para-hydroxylation sites is 1. The van der Waals surface area contributed by atoms with Gasteiger partial charge in [0.25, 0.3) is 0 Å². The molecule has 1 aliphatic heterocycles. The number of aryl methyl sites for hydroxylation is 1. The number of fused-ring (bicyclic) bond motifs is 1. The number of aromatic nitrogens is 2. The Morgan fingerprint density at radius 1 is 1.07 bits per heavy atom. The lowest BCUT2D eigenvalue weighted by molar-refractivity contribution is 0.312. The summed E-state index contributed by atoms with van der Waals surface area (Å²) in [6.07, 6.45) is 2.86. The van der Waals surface area contributed by atoms with Crippen molar-refractivity contribution >= 4 is 23.1 Å². The predicted molar refractivity (Wildman–Crippen MR) is 113 cm³/mol. The number of nitrogens with one attached hydrogen (secondary N) is 2. The van der Waals surface area contributed by atoms with Crippen LogP contribution in [0.25, 0.3) is 0 Å². The van der Waals surface area contributed by atoms with Gasteiger partial charge in [0.2, 0.25) is 5.95 Å². The molecule has 2 N–H and O–H groups in total. The summed E-state index contributed by atoms with van der Waals surface area (Å²) in [5.41, 5.74) is 5.51. The van der Waals surface area contributed by atoms with E-state index in [0.717, 1.165) is 48.0 Å². The molecule has 28 heavy (non-hydrogen) atoms. The molecule has 3 aromatic rings. The fraction of sp³-hybridized carbons (Fsp3) is 0.273. The Balaban J connectivity index is 1.62. The normalized spacial score (nSPS) is 13.7. The average molecular weight is 375 g/mol. The van der Waals surface area contributed by atoms with Gasteiger partial charge in [-0.25, -0.2) is 4.98 Å². The fourth-order valence-corrected chi connectivity index (χ4v) is 3.40. The summed E-state index contributed by atoms with van der Waals surface area (Å²) in [7, 11) is 3.84. The van der Waals surface area contributed by atoms with Crippen LogP contribution in [0.2, 0.25) is 0 Å². The summed E-state index contributed by atoms with van der Waals surface area (Å²) in [5.74, 6) is 2.12. The van der Waals surface area contributed by atoms with Crippen LogP contribution in [-0.4, -0.2) is 35.6 Å². The molecule has 2 heterocycles. The number of rotatable bonds is 5. The van der Waals surface area contributed by atoms with Gasteiger partial charge in [-0.3, -0.25) is 0 Å². The maximum atomic E-state index is 5.61. The third kappa shape index (κ3) is 3.92. The van der Waals surface area contributed by atoms with Crippen molar-refractivity contribution in [1.29, 1.82) is 0 Å². The zero-order valence-electron chi connectivity index (χ0n) is 16.5. The van der Waals surface area contributed by atoms with Crippen molar-refractivity contribution in [2.75, 3.05) is 31.3 Å². The first-order valence-corrected chi connectivity index (χ1v) is 9.43. The van der Waals surface area contributed by atoms with Crippen molar-refractivity contribution in [2.45, 2.75) is 19.9 Å². The minimum Gasteiger partial charge on any atom is -0.495 e. The van der Waals surface area contributed by atoms with Crippen molar-refractivity contribution in [3.05, 3.63) is 65.4 Å². The van der Waals surface area contributed by atoms with Gasteiger partial charge in [-0.2, -0.15) is 4.98 Å². The van der Waals surface area contributed by atoms with Crippen LogP contribution in [0.5, 0.6) is 5.75 Å². The molecule has 0 radical (unpaired) electrons. The Morgan fingerprint density at radius 3 is 2.68 bits per heavy atom. The van der Waals surface area contributed by atoms with E-state index < -0.39 is 0 Å². The van der Waals surface area contributed by atoms with Crippen LogP contribution >= 0.6 is 0 Å². The van der Waals surface area contributed by atoms with Gasteiger partial charge in [0.05, 0.1) is 12.8 Å². The number of likely N-dealkylation sites (N-methyl/N-ethyl adjacent to an activating group) is 1. The SMILES string of the molecule is COc1cc2c(cc1Nc1ncc(C)c(Nc3ccccc3)n1)CN(C)CC2. The summed E-state index contributed by atoms with van der Waals surface area (Å²) >= 11 is 0. The molecule has 4 rings (SSSR count). The molecule has 0 bridgehead atoms. The van der Waals surface area contributed by atoms with Crippen LogP contribution in [0.15, 0.2) is 48.7 Å². The standard InChI is InChI=1S/C22H25N5O/c1-15-13-23-22(26-21(15)24-18-7-5-4-6-8-18)25-19-11-17-14-27(2)10-9-16(17)12-20(19)28-3/h4-8,11-13H,9-10,14H2,1-3H3,(H2,23,24,25,26). The lowest BCUT2D eigenvalue weighted by atomic mass is 9.99. The Morgan fingerprint density at radius 2 is 1.89 bits per heavy atom. The number of anilines is 4. The third-order valence-electron chi connectivity index (χ3n) is 4.98. The summed E-state index contributed by atoms with van der Waals surface area (Å²) in [6.45, 7) is 3.99. The zero-order valence-corrected chi connectivity index (χ0v) is 16.5. The van der Waals surface area contributed by atoms with Gasteiger partial charge >= 0.3 is 0 Å². The minimum atomic E-state index is 0.534. The molecule has 6 heteroatoms. The van der Waals surface area contributed by atoms with Gasteiger partial charge in [0.1, 0.15) is 11.6 Å². The van der Waals surface area contributed by atoms with Crippen molar-refractivity contribution in [1.82, 2.24) is 14.9 Å². The zero-order chi connectivity index (χ0) is 19.5. The first kappa shape index (κ1) is 18.3. The second-order valence-electron chi connectivity index (χ2n) is 7.15. The highest BCUT2D eigenvalue weighted by Gasteiger charge is 2.17. The van der Waals surface area contributed by atoms with Crippen molar-refractivity contribution in [3.8, 4) is 5.75 Å². The number of nitrogens with zero attached hydrogens (tertiary/aromatic N) is 3. The molecule has 2 aromatic carbocycles. The van der Waals surface area contributed by atoms with E-state index in [9.17, 15) is 0 Å². The molecule has 144 valence electrons. The summed E-state index contributed by atoms with van der Waals surface area (Å²) in [6, 6.07) is 14.3. The third-order valence-corrected chi connectivity index (χ3v) is 4.98. The highest BCUT2D eigenvalue weighted by molar-refractivity contribution is 5.67. The van der Waals surface area contributed by atoms with E-state index in [4.69, 9.17) is 4.74 Å². The van der Waals surface area contributed by atoms with Gasteiger partial charge in [-0.05, 0) is 55.8 Å². The van der Waals surface area contributed by atoms with Crippen LogP contribution in [0.4, 0.5) is 23.1 Å². The molecule has 1 aliphatic rings. The second kappa shape index (κ2) is 7.86. The quantitative estimate of drug-likeness (QED) is 0.694. The van der Waals surface area contributed by atoms with Crippen molar-refractivity contribution in [3.63, 3.8) is 0 Å². The number of hydrogen-bond acceptors (Lipinski definition) is 6. The van der Waals surface area contributed by atoms with Gasteiger partial charge < -0.3 is 20.3 Å². The Kier molecular flexibility index (Phi) is 5.12. The van der Waals surface area contributed by atoms with Gasteiger partial charge in [-0.15, -0.1) is 0 Å². The van der Waals surface area contributed by atoms with Gasteiger partial charge in [0.15, 0.2) is 0 Å². The van der Waals surface area contributed by atoms with Crippen LogP contribution in [0.1, 0.15) is 16.7 Å². The topological polar surface area (TPSA) is 62.3 Å². The van der Waals surface area contributed by atoms with E-state index in [1.807, 2.05) is 43.5 Å². The van der Waals surface area contributed by atoms with Crippen LogP contribution in [-0.2, 0) is 13.0 Å². The largest absolute Gasteiger partial charge is 0.495 e. The lowest BCUT2D eigenvalue weighted by Gasteiger charge is -2.26. The molecule has 0 aliphatic carbocycles. The van der Waals surface area contributed by atoms with Gasteiger partial charge in [0, 0.05) is 30.5 Å². The Labute approximate surface area is 165 Å². The fourth-order valence-electron chi connectivity index (χ4n) is 3.40. The molecule has 0 unspecified atom stereocenters. The molecule has 0 saturated carbocycles. The van der Waals surface area contributed by atoms with Crippen LogP contribution in [0.3, 0.4) is 0 Å². The molecule has 0 saturated heterocycles. The number of benzene rings is 2. The smallest absolute Gasteiger partial charge is 0.229 e. The highest BCUT2D eigenvalue weighted by atomic mass is 16.5. The van der Waals surface area contributed by atoms with Crippen molar-refractivity contribution in [2.24, 2.45) is 0 Å². The maximum Gasteiger partial charge on any atom is 0.229 e. The molecular weight excluding hydrogens is 350 g/mol. The number of ether oxygens (including phenoxy) is 1. The molecule has 0 amide bonds. The summed E-state index contributed by atoms with van der Waals surface area (Å²) in [5, 5.41) is 6.69. The second-order valence-corrected chi connectivity index (χ2v) is 7.15. The highest BCUT2D eigenvalue weighted by Crippen LogP contribution is 2.33. The molecule has 0 spiro atoms. The molecule has 1 aromatic heterocycles. The molecular formula is C22H25N5O. The predicted octanol–water partition coefficient (Wildman–Crippen LogP) is 4.27. The van der Waals surface area contributed by atoms with Crippen LogP contribution < -0.4 is 15.4 Å². The van der Waals surface area contributed by atoms with E-state index in [2.05, 4.69) is 44.7 Å². The van der Waals surface area contributed by atoms with E-state index in [1.165, 1.54) is 11.1 Å². The molecule has 0 fully saturated rings. The average Bonchev–Trinajstić information content (AvgIpc) is 2.71. The number of methoxy groups -OCH3 is 1. The first-order valence-electron chi connectivity index (χ1n) is 9.43.